The first-order valence-corrected chi connectivity index (χ1v) is 9.88. The van der Waals surface area contributed by atoms with E-state index in [1.165, 1.54) is 0 Å². The number of amides is 1. The normalized spacial score (nSPS) is 18.8. The van der Waals surface area contributed by atoms with Gasteiger partial charge in [0.05, 0.1) is 24.2 Å². The molecule has 4 rings (SSSR count). The fraction of sp³-hybridized carbons (Fsp3) is 0.364. The van der Waals surface area contributed by atoms with Crippen LogP contribution in [0.3, 0.4) is 0 Å². The largest absolute Gasteiger partial charge is 0.467 e. The van der Waals surface area contributed by atoms with Crippen LogP contribution in [-0.4, -0.2) is 24.8 Å². The molecule has 0 saturated heterocycles. The molecule has 0 spiro atoms. The lowest BCUT2D eigenvalue weighted by Gasteiger charge is -2.33. The third-order valence-corrected chi connectivity index (χ3v) is 5.24. The monoisotopic (exact) mass is 379 g/mol. The van der Waals surface area contributed by atoms with Gasteiger partial charge < -0.3 is 20.0 Å². The van der Waals surface area contributed by atoms with Crippen LogP contribution in [0.25, 0.3) is 0 Å². The number of nitrogens with one attached hydrogen (secondary N) is 2. The van der Waals surface area contributed by atoms with Crippen molar-refractivity contribution < 1.29 is 14.0 Å². The third-order valence-electron chi connectivity index (χ3n) is 5.24. The summed E-state index contributed by atoms with van der Waals surface area (Å²) in [5.74, 6) is 0.715. The topological polar surface area (TPSA) is 74.6 Å². The molecule has 1 aliphatic heterocycles. The number of rotatable bonds is 5. The summed E-state index contributed by atoms with van der Waals surface area (Å²) in [6.45, 7) is 2.80. The predicted molar refractivity (Wildman–Crippen MR) is 108 cm³/mol. The Hall–Kier alpha value is -3.02. The number of hydrogen-bond donors (Lipinski definition) is 2. The van der Waals surface area contributed by atoms with Gasteiger partial charge in [0.25, 0.3) is 0 Å². The second-order valence-electron chi connectivity index (χ2n) is 7.21. The summed E-state index contributed by atoms with van der Waals surface area (Å²) >= 11 is 0. The maximum absolute atomic E-state index is 13.0. The zero-order chi connectivity index (χ0) is 19.5. The summed E-state index contributed by atoms with van der Waals surface area (Å²) in [5.41, 5.74) is 3.43. The van der Waals surface area contributed by atoms with Crippen LogP contribution in [0.1, 0.15) is 44.4 Å². The van der Waals surface area contributed by atoms with Crippen LogP contribution in [0, 0.1) is 0 Å². The molecule has 1 aliphatic carbocycles. The number of benzene rings is 1. The molecule has 1 aromatic carbocycles. The van der Waals surface area contributed by atoms with E-state index in [1.54, 1.807) is 6.26 Å². The summed E-state index contributed by atoms with van der Waals surface area (Å²) in [7, 11) is 0. The lowest BCUT2D eigenvalue weighted by Crippen LogP contribution is -2.41. The second kappa shape index (κ2) is 7.92. The van der Waals surface area contributed by atoms with Crippen LogP contribution in [0.15, 0.2) is 58.3 Å². The van der Waals surface area contributed by atoms with Gasteiger partial charge in [-0.1, -0.05) is 19.1 Å². The Morgan fingerprint density at radius 1 is 1.25 bits per heavy atom. The van der Waals surface area contributed by atoms with Crippen LogP contribution in [-0.2, 0) is 9.59 Å². The molecule has 0 fully saturated rings. The van der Waals surface area contributed by atoms with Crippen molar-refractivity contribution in [3.8, 4) is 0 Å². The van der Waals surface area contributed by atoms with Gasteiger partial charge in [-0.15, -0.1) is 0 Å². The van der Waals surface area contributed by atoms with Crippen molar-refractivity contribution in [1.82, 2.24) is 5.32 Å². The number of allylic oxidation sites excluding steroid dienone is 1. The molecule has 0 radical (unpaired) electrons. The zero-order valence-electron chi connectivity index (χ0n) is 16.0. The number of anilines is 2. The van der Waals surface area contributed by atoms with E-state index in [0.29, 0.717) is 24.3 Å². The molecule has 6 nitrogen and oxygen atoms in total. The lowest BCUT2D eigenvalue weighted by molar-refractivity contribution is -0.120. The van der Waals surface area contributed by atoms with Gasteiger partial charge in [0.15, 0.2) is 5.78 Å². The molecule has 0 bridgehead atoms. The van der Waals surface area contributed by atoms with Crippen molar-refractivity contribution >= 4 is 23.1 Å². The number of hydrogen-bond acceptors (Lipinski definition) is 5. The van der Waals surface area contributed by atoms with Crippen molar-refractivity contribution in [1.29, 1.82) is 0 Å². The maximum atomic E-state index is 13.0. The van der Waals surface area contributed by atoms with Gasteiger partial charge in [0, 0.05) is 24.2 Å². The van der Waals surface area contributed by atoms with Crippen molar-refractivity contribution in [3.05, 3.63) is 59.7 Å². The molecule has 2 heterocycles. The van der Waals surface area contributed by atoms with E-state index in [9.17, 15) is 9.59 Å². The van der Waals surface area contributed by atoms with E-state index in [2.05, 4.69) is 10.6 Å². The summed E-state index contributed by atoms with van der Waals surface area (Å²) in [4.78, 5) is 27.6. The Kier molecular flexibility index (Phi) is 5.19. The van der Waals surface area contributed by atoms with Gasteiger partial charge in [-0.3, -0.25) is 9.59 Å². The highest BCUT2D eigenvalue weighted by Crippen LogP contribution is 2.44. The molecule has 6 heteroatoms. The predicted octanol–water partition coefficient (Wildman–Crippen LogP) is 3.79. The molecule has 1 amide bonds. The fourth-order valence-corrected chi connectivity index (χ4v) is 3.99. The standard InChI is InChI=1S/C22H25N3O3/c1-2-12-23-20(27)14-25-17-9-4-3-7-15(17)24-16-8-5-10-18(26)21(16)22(25)19-11-6-13-28-19/h3-4,6-7,9,11,13,22,24H,2,5,8,10,12,14H2,1H3,(H,23,27)/t22-/m1/s1. The molecular weight excluding hydrogens is 354 g/mol. The van der Waals surface area contributed by atoms with Crippen molar-refractivity contribution in [2.24, 2.45) is 0 Å². The number of carbonyl (C=O) groups excluding carboxylic acids is 2. The fourth-order valence-electron chi connectivity index (χ4n) is 3.99. The lowest BCUT2D eigenvalue weighted by atomic mass is 9.88. The SMILES string of the molecule is CCCNC(=O)CN1c2ccccc2NC2=C(C(=O)CCC2)[C@H]1c1ccco1. The highest BCUT2D eigenvalue weighted by molar-refractivity contribution is 6.01. The average Bonchev–Trinajstić information content (AvgIpc) is 3.18. The van der Waals surface area contributed by atoms with E-state index in [1.807, 2.05) is 48.2 Å². The average molecular weight is 379 g/mol. The summed E-state index contributed by atoms with van der Waals surface area (Å²) in [6, 6.07) is 11.1. The van der Waals surface area contributed by atoms with Crippen molar-refractivity contribution in [2.75, 3.05) is 23.3 Å². The zero-order valence-corrected chi connectivity index (χ0v) is 16.0. The van der Waals surface area contributed by atoms with Gasteiger partial charge in [-0.25, -0.2) is 0 Å². The molecule has 0 saturated carbocycles. The van der Waals surface area contributed by atoms with E-state index >= 15 is 0 Å². The van der Waals surface area contributed by atoms with Gasteiger partial charge in [0.2, 0.25) is 5.91 Å². The molecule has 1 atom stereocenters. The Morgan fingerprint density at radius 3 is 2.89 bits per heavy atom. The molecule has 28 heavy (non-hydrogen) atoms. The Labute approximate surface area is 164 Å². The van der Waals surface area contributed by atoms with Crippen LogP contribution in [0.5, 0.6) is 0 Å². The Morgan fingerprint density at radius 2 is 2.11 bits per heavy atom. The number of fused-ring (bicyclic) bond motifs is 1. The maximum Gasteiger partial charge on any atom is 0.239 e. The number of furan rings is 1. The number of nitrogens with zero attached hydrogens (tertiary/aromatic N) is 1. The molecule has 146 valence electrons. The number of para-hydroxylation sites is 2. The minimum absolute atomic E-state index is 0.0690. The van der Waals surface area contributed by atoms with E-state index in [0.717, 1.165) is 36.3 Å². The van der Waals surface area contributed by atoms with Gasteiger partial charge in [-0.2, -0.15) is 0 Å². The van der Waals surface area contributed by atoms with Crippen LogP contribution < -0.4 is 15.5 Å². The number of ketones is 1. The highest BCUT2D eigenvalue weighted by atomic mass is 16.3. The Bertz CT molecular complexity index is 902. The molecule has 1 aromatic heterocycles. The first-order chi connectivity index (χ1) is 13.7. The van der Waals surface area contributed by atoms with E-state index in [4.69, 9.17) is 4.42 Å². The minimum atomic E-state index is -0.429. The van der Waals surface area contributed by atoms with Crippen molar-refractivity contribution in [3.63, 3.8) is 0 Å². The first-order valence-electron chi connectivity index (χ1n) is 9.88. The van der Waals surface area contributed by atoms with Crippen LogP contribution in [0.4, 0.5) is 11.4 Å². The van der Waals surface area contributed by atoms with Gasteiger partial charge in [-0.05, 0) is 43.5 Å². The molecule has 0 unspecified atom stereocenters. The summed E-state index contributed by atoms with van der Waals surface area (Å²) < 4.78 is 5.75. The molecular formula is C22H25N3O3. The van der Waals surface area contributed by atoms with Crippen LogP contribution >= 0.6 is 0 Å². The van der Waals surface area contributed by atoms with Crippen LogP contribution in [0.2, 0.25) is 0 Å². The number of Topliss-reactive ketones (excluding diaryl/α,β-unsaturated/α-hetero) is 1. The Balaban J connectivity index is 1.84. The summed E-state index contributed by atoms with van der Waals surface area (Å²) in [6.07, 6.45) is 4.64. The van der Waals surface area contributed by atoms with E-state index in [-0.39, 0.29) is 18.2 Å². The van der Waals surface area contributed by atoms with E-state index < -0.39 is 6.04 Å². The second-order valence-corrected chi connectivity index (χ2v) is 7.21. The summed E-state index contributed by atoms with van der Waals surface area (Å²) in [5, 5.41) is 6.42. The highest BCUT2D eigenvalue weighted by Gasteiger charge is 2.38. The number of carbonyl (C=O) groups is 2. The van der Waals surface area contributed by atoms with Crippen molar-refractivity contribution in [2.45, 2.75) is 38.6 Å². The van der Waals surface area contributed by atoms with Gasteiger partial charge >= 0.3 is 0 Å². The first kappa shape index (κ1) is 18.3. The van der Waals surface area contributed by atoms with Gasteiger partial charge in [0.1, 0.15) is 11.8 Å². The minimum Gasteiger partial charge on any atom is -0.467 e. The third kappa shape index (κ3) is 3.42. The molecule has 2 aromatic rings. The quantitative estimate of drug-likeness (QED) is 0.827. The molecule has 2 aliphatic rings. The molecule has 2 N–H and O–H groups in total. The smallest absolute Gasteiger partial charge is 0.239 e.